The van der Waals surface area contributed by atoms with Crippen LogP contribution in [-0.4, -0.2) is 28.5 Å². The summed E-state index contributed by atoms with van der Waals surface area (Å²) in [6, 6.07) is 0. The van der Waals surface area contributed by atoms with Crippen LogP contribution in [0.4, 0.5) is 0 Å². The molecule has 0 spiro atoms. The molecule has 2 aliphatic rings. The fraction of sp³-hybridized carbons (Fsp3) is 1.00. The van der Waals surface area contributed by atoms with Crippen LogP contribution in [0.5, 0.6) is 0 Å². The van der Waals surface area contributed by atoms with Gasteiger partial charge in [0, 0.05) is 5.92 Å². The SMILES string of the molecule is CC1OCC(C2CCC(I)SC2)CO1. The normalized spacial score (nSPS) is 45.0. The molecule has 0 aromatic carbocycles. The van der Waals surface area contributed by atoms with Gasteiger partial charge in [-0.1, -0.05) is 22.6 Å². The second-order valence-corrected chi connectivity index (χ2v) is 7.66. The molecule has 14 heavy (non-hydrogen) atoms. The zero-order chi connectivity index (χ0) is 9.97. The van der Waals surface area contributed by atoms with Crippen LogP contribution in [0, 0.1) is 11.8 Å². The van der Waals surface area contributed by atoms with Gasteiger partial charge in [-0.15, -0.1) is 11.8 Å². The maximum Gasteiger partial charge on any atom is 0.154 e. The van der Waals surface area contributed by atoms with E-state index in [1.54, 1.807) is 0 Å². The molecule has 2 rings (SSSR count). The number of rotatable bonds is 1. The van der Waals surface area contributed by atoms with E-state index < -0.39 is 0 Å². The average molecular weight is 328 g/mol. The molecule has 2 unspecified atom stereocenters. The molecule has 0 N–H and O–H groups in total. The Morgan fingerprint density at radius 3 is 2.43 bits per heavy atom. The topological polar surface area (TPSA) is 18.5 Å². The number of hydrogen-bond acceptors (Lipinski definition) is 3. The molecular formula is C10H17IO2S. The summed E-state index contributed by atoms with van der Waals surface area (Å²) in [5.41, 5.74) is 0. The van der Waals surface area contributed by atoms with Gasteiger partial charge in [-0.2, -0.15) is 0 Å². The summed E-state index contributed by atoms with van der Waals surface area (Å²) in [5.74, 6) is 2.75. The Bertz CT molecular complexity index is 155. The summed E-state index contributed by atoms with van der Waals surface area (Å²) in [6.07, 6.45) is 2.72. The Morgan fingerprint density at radius 2 is 1.86 bits per heavy atom. The van der Waals surface area contributed by atoms with Crippen LogP contribution in [-0.2, 0) is 9.47 Å². The molecule has 2 heterocycles. The minimum absolute atomic E-state index is 0.0137. The molecule has 0 bridgehead atoms. The maximum absolute atomic E-state index is 5.54. The monoisotopic (exact) mass is 328 g/mol. The van der Waals surface area contributed by atoms with E-state index in [4.69, 9.17) is 9.47 Å². The first-order chi connectivity index (χ1) is 6.75. The zero-order valence-electron chi connectivity index (χ0n) is 8.45. The van der Waals surface area contributed by atoms with Crippen molar-refractivity contribution < 1.29 is 9.47 Å². The van der Waals surface area contributed by atoms with Gasteiger partial charge >= 0.3 is 0 Å². The maximum atomic E-state index is 5.54. The lowest BCUT2D eigenvalue weighted by Crippen LogP contribution is -2.36. The Balaban J connectivity index is 1.78. The second-order valence-electron chi connectivity index (χ2n) is 4.08. The Morgan fingerprint density at radius 1 is 1.14 bits per heavy atom. The van der Waals surface area contributed by atoms with Crippen LogP contribution in [0.25, 0.3) is 0 Å². The van der Waals surface area contributed by atoms with Crippen molar-refractivity contribution in [1.82, 2.24) is 0 Å². The van der Waals surface area contributed by atoms with Gasteiger partial charge in [0.05, 0.1) is 16.5 Å². The highest BCUT2D eigenvalue weighted by molar-refractivity contribution is 14.1. The fourth-order valence-electron chi connectivity index (χ4n) is 2.00. The lowest BCUT2D eigenvalue weighted by atomic mass is 9.90. The molecule has 2 saturated heterocycles. The van der Waals surface area contributed by atoms with Crippen molar-refractivity contribution >= 4 is 34.4 Å². The van der Waals surface area contributed by atoms with Crippen molar-refractivity contribution in [3.05, 3.63) is 0 Å². The second kappa shape index (κ2) is 5.37. The molecule has 0 amide bonds. The predicted molar refractivity (Wildman–Crippen MR) is 67.8 cm³/mol. The molecule has 4 heteroatoms. The summed E-state index contributed by atoms with van der Waals surface area (Å²) in [6.45, 7) is 3.78. The number of ether oxygens (including phenoxy) is 2. The van der Waals surface area contributed by atoms with Gasteiger partial charge in [-0.25, -0.2) is 0 Å². The van der Waals surface area contributed by atoms with E-state index in [1.807, 2.05) is 6.92 Å². The molecule has 2 fully saturated rings. The Labute approximate surface area is 104 Å². The number of thioether (sulfide) groups is 1. The quantitative estimate of drug-likeness (QED) is 0.545. The summed E-state index contributed by atoms with van der Waals surface area (Å²) >= 11 is 4.64. The third-order valence-corrected chi connectivity index (χ3v) is 5.93. The van der Waals surface area contributed by atoms with E-state index in [1.165, 1.54) is 18.6 Å². The van der Waals surface area contributed by atoms with E-state index in [9.17, 15) is 0 Å². The zero-order valence-corrected chi connectivity index (χ0v) is 11.4. The molecule has 0 saturated carbocycles. The smallest absolute Gasteiger partial charge is 0.154 e. The van der Waals surface area contributed by atoms with Crippen molar-refractivity contribution in [3.63, 3.8) is 0 Å². The van der Waals surface area contributed by atoms with Crippen molar-refractivity contribution in [1.29, 1.82) is 0 Å². The van der Waals surface area contributed by atoms with Gasteiger partial charge < -0.3 is 9.47 Å². The van der Waals surface area contributed by atoms with Crippen molar-refractivity contribution in [2.24, 2.45) is 11.8 Å². The van der Waals surface area contributed by atoms with Gasteiger partial charge in [0.15, 0.2) is 6.29 Å². The predicted octanol–water partition coefficient (Wildman–Crippen LogP) is 2.90. The molecule has 2 nitrogen and oxygen atoms in total. The largest absolute Gasteiger partial charge is 0.353 e. The van der Waals surface area contributed by atoms with Crippen LogP contribution in [0.3, 0.4) is 0 Å². The molecule has 0 radical (unpaired) electrons. The molecule has 82 valence electrons. The number of hydrogen-bond donors (Lipinski definition) is 0. The molecule has 0 aliphatic carbocycles. The van der Waals surface area contributed by atoms with E-state index in [-0.39, 0.29) is 6.29 Å². The molecular weight excluding hydrogens is 311 g/mol. The first kappa shape index (κ1) is 11.5. The minimum Gasteiger partial charge on any atom is -0.353 e. The highest BCUT2D eigenvalue weighted by Crippen LogP contribution is 2.37. The Hall–Kier alpha value is 1.00. The molecule has 2 atom stereocenters. The Kier molecular flexibility index (Phi) is 4.40. The molecule has 0 aromatic rings. The lowest BCUT2D eigenvalue weighted by Gasteiger charge is -2.35. The van der Waals surface area contributed by atoms with Crippen molar-refractivity contribution in [2.45, 2.75) is 29.3 Å². The van der Waals surface area contributed by atoms with Crippen LogP contribution >= 0.6 is 34.4 Å². The van der Waals surface area contributed by atoms with Crippen molar-refractivity contribution in [3.8, 4) is 0 Å². The number of alkyl halides is 1. The highest BCUT2D eigenvalue weighted by Gasteiger charge is 2.30. The summed E-state index contributed by atoms with van der Waals surface area (Å²) in [4.78, 5) is 0. The van der Waals surface area contributed by atoms with E-state index >= 15 is 0 Å². The average Bonchev–Trinajstić information content (AvgIpc) is 2.21. The summed E-state index contributed by atoms with van der Waals surface area (Å²) in [7, 11) is 0. The van der Waals surface area contributed by atoms with Crippen molar-refractivity contribution in [2.75, 3.05) is 19.0 Å². The minimum atomic E-state index is 0.0137. The van der Waals surface area contributed by atoms with Gasteiger partial charge in [0.2, 0.25) is 0 Å². The fourth-order valence-corrected chi connectivity index (χ4v) is 4.18. The first-order valence-electron chi connectivity index (χ1n) is 5.24. The van der Waals surface area contributed by atoms with Crippen LogP contribution in [0.15, 0.2) is 0 Å². The number of halogens is 1. The van der Waals surface area contributed by atoms with Gasteiger partial charge in [-0.05, 0) is 31.4 Å². The molecule has 0 aromatic heterocycles. The van der Waals surface area contributed by atoms with E-state index in [2.05, 4.69) is 34.4 Å². The van der Waals surface area contributed by atoms with Gasteiger partial charge in [0.25, 0.3) is 0 Å². The van der Waals surface area contributed by atoms with E-state index in [0.717, 1.165) is 22.4 Å². The summed E-state index contributed by atoms with van der Waals surface area (Å²) < 4.78 is 11.9. The van der Waals surface area contributed by atoms with Gasteiger partial charge in [-0.3, -0.25) is 0 Å². The molecule has 2 aliphatic heterocycles. The summed E-state index contributed by atoms with van der Waals surface area (Å²) in [5, 5.41) is 0. The highest BCUT2D eigenvalue weighted by atomic mass is 127. The van der Waals surface area contributed by atoms with Crippen LogP contribution < -0.4 is 0 Å². The first-order valence-corrected chi connectivity index (χ1v) is 7.54. The third-order valence-electron chi connectivity index (χ3n) is 3.01. The van der Waals surface area contributed by atoms with Crippen LogP contribution in [0.1, 0.15) is 19.8 Å². The standard InChI is InChI=1S/C10H17IO2S/c1-7-12-4-9(5-13-7)8-2-3-10(11)14-6-8/h7-10H,2-6H2,1H3. The van der Waals surface area contributed by atoms with Gasteiger partial charge in [0.1, 0.15) is 0 Å². The van der Waals surface area contributed by atoms with Crippen LogP contribution in [0.2, 0.25) is 0 Å². The lowest BCUT2D eigenvalue weighted by molar-refractivity contribution is -0.197. The third kappa shape index (κ3) is 3.00. The van der Waals surface area contributed by atoms with E-state index in [0.29, 0.717) is 5.92 Å².